The SMILES string of the molecule is CCOC(=O)CCCCCOc1cc(Br)c(OC)cc1Br. The molecule has 0 aliphatic rings. The van der Waals surface area contributed by atoms with Gasteiger partial charge < -0.3 is 14.2 Å². The van der Waals surface area contributed by atoms with Gasteiger partial charge in [0.25, 0.3) is 0 Å². The van der Waals surface area contributed by atoms with Crippen LogP contribution in [0.4, 0.5) is 0 Å². The number of esters is 1. The van der Waals surface area contributed by atoms with E-state index >= 15 is 0 Å². The van der Waals surface area contributed by atoms with Crippen LogP contribution in [0.15, 0.2) is 21.1 Å². The molecule has 0 fully saturated rings. The summed E-state index contributed by atoms with van der Waals surface area (Å²) in [5, 5.41) is 0. The molecule has 0 saturated carbocycles. The van der Waals surface area contributed by atoms with E-state index in [2.05, 4.69) is 31.9 Å². The number of unbranched alkanes of at least 4 members (excludes halogenated alkanes) is 2. The number of benzene rings is 1. The largest absolute Gasteiger partial charge is 0.496 e. The maximum atomic E-state index is 11.2. The average molecular weight is 424 g/mol. The van der Waals surface area contributed by atoms with Gasteiger partial charge in [-0.15, -0.1) is 0 Å². The maximum absolute atomic E-state index is 11.2. The molecule has 6 heteroatoms. The smallest absolute Gasteiger partial charge is 0.305 e. The van der Waals surface area contributed by atoms with E-state index in [0.717, 1.165) is 39.7 Å². The number of hydrogen-bond donors (Lipinski definition) is 0. The number of ether oxygens (including phenoxy) is 3. The molecule has 1 aromatic rings. The predicted molar refractivity (Wildman–Crippen MR) is 89.0 cm³/mol. The molecule has 0 atom stereocenters. The van der Waals surface area contributed by atoms with E-state index in [0.29, 0.717) is 19.6 Å². The summed E-state index contributed by atoms with van der Waals surface area (Å²) >= 11 is 6.88. The lowest BCUT2D eigenvalue weighted by molar-refractivity contribution is -0.143. The Bertz CT molecular complexity index is 463. The second-order valence-electron chi connectivity index (χ2n) is 4.38. The summed E-state index contributed by atoms with van der Waals surface area (Å²) in [6.07, 6.45) is 3.14. The van der Waals surface area contributed by atoms with Gasteiger partial charge in [-0.05, 0) is 70.2 Å². The normalized spacial score (nSPS) is 10.3. The summed E-state index contributed by atoms with van der Waals surface area (Å²) in [5.41, 5.74) is 0. The van der Waals surface area contributed by atoms with Crippen LogP contribution in [-0.4, -0.2) is 26.3 Å². The Morgan fingerprint density at radius 3 is 2.43 bits per heavy atom. The molecule has 1 aromatic carbocycles. The van der Waals surface area contributed by atoms with E-state index in [1.807, 2.05) is 19.1 Å². The van der Waals surface area contributed by atoms with E-state index in [4.69, 9.17) is 14.2 Å². The van der Waals surface area contributed by atoms with Crippen molar-refractivity contribution in [1.29, 1.82) is 0 Å². The van der Waals surface area contributed by atoms with Gasteiger partial charge in [0.05, 0.1) is 29.3 Å². The molecular formula is C15H20Br2O4. The molecule has 118 valence electrons. The Hall–Kier alpha value is -0.750. The maximum Gasteiger partial charge on any atom is 0.305 e. The van der Waals surface area contributed by atoms with Crippen molar-refractivity contribution in [3.63, 3.8) is 0 Å². The zero-order valence-electron chi connectivity index (χ0n) is 12.3. The third-order valence-corrected chi connectivity index (χ3v) is 4.03. The van der Waals surface area contributed by atoms with Gasteiger partial charge in [-0.3, -0.25) is 4.79 Å². The van der Waals surface area contributed by atoms with Gasteiger partial charge in [0.1, 0.15) is 11.5 Å². The molecule has 1 rings (SSSR count). The highest BCUT2D eigenvalue weighted by atomic mass is 79.9. The third-order valence-electron chi connectivity index (χ3n) is 2.79. The van der Waals surface area contributed by atoms with E-state index in [1.54, 1.807) is 7.11 Å². The second kappa shape index (κ2) is 10.1. The second-order valence-corrected chi connectivity index (χ2v) is 6.09. The molecule has 0 bridgehead atoms. The van der Waals surface area contributed by atoms with Gasteiger partial charge in [0.15, 0.2) is 0 Å². The van der Waals surface area contributed by atoms with E-state index in [-0.39, 0.29) is 5.97 Å². The molecule has 21 heavy (non-hydrogen) atoms. The summed E-state index contributed by atoms with van der Waals surface area (Å²) in [6, 6.07) is 3.74. The first kappa shape index (κ1) is 18.3. The van der Waals surface area contributed by atoms with Gasteiger partial charge in [-0.25, -0.2) is 0 Å². The van der Waals surface area contributed by atoms with Crippen molar-refractivity contribution in [3.05, 3.63) is 21.1 Å². The van der Waals surface area contributed by atoms with Gasteiger partial charge in [0, 0.05) is 6.42 Å². The number of carbonyl (C=O) groups is 1. The molecular weight excluding hydrogens is 404 g/mol. The first-order valence-corrected chi connectivity index (χ1v) is 8.48. The van der Waals surface area contributed by atoms with Crippen molar-refractivity contribution in [3.8, 4) is 11.5 Å². The van der Waals surface area contributed by atoms with Crippen LogP contribution >= 0.6 is 31.9 Å². The Morgan fingerprint density at radius 2 is 1.76 bits per heavy atom. The van der Waals surface area contributed by atoms with Crippen LogP contribution in [0.3, 0.4) is 0 Å². The minimum absolute atomic E-state index is 0.125. The fourth-order valence-electron chi connectivity index (χ4n) is 1.74. The zero-order chi connectivity index (χ0) is 15.7. The van der Waals surface area contributed by atoms with Crippen molar-refractivity contribution in [1.82, 2.24) is 0 Å². The lowest BCUT2D eigenvalue weighted by Gasteiger charge is -2.11. The van der Waals surface area contributed by atoms with Crippen molar-refractivity contribution < 1.29 is 19.0 Å². The molecule has 0 spiro atoms. The number of carbonyl (C=O) groups excluding carboxylic acids is 1. The fraction of sp³-hybridized carbons (Fsp3) is 0.533. The number of methoxy groups -OCH3 is 1. The van der Waals surface area contributed by atoms with E-state index in [1.165, 1.54) is 0 Å². The summed E-state index contributed by atoms with van der Waals surface area (Å²) in [6.45, 7) is 2.87. The lowest BCUT2D eigenvalue weighted by atomic mass is 10.2. The highest BCUT2D eigenvalue weighted by molar-refractivity contribution is 9.11. The van der Waals surface area contributed by atoms with Gasteiger partial charge in [0.2, 0.25) is 0 Å². The summed E-state index contributed by atoms with van der Waals surface area (Å²) in [4.78, 5) is 11.2. The zero-order valence-corrected chi connectivity index (χ0v) is 15.5. The molecule has 0 aliphatic carbocycles. The molecule has 0 heterocycles. The van der Waals surface area contributed by atoms with Crippen LogP contribution < -0.4 is 9.47 Å². The minimum atomic E-state index is -0.125. The first-order chi connectivity index (χ1) is 10.1. The standard InChI is InChI=1S/C15H20Br2O4/c1-3-20-15(18)7-5-4-6-8-21-14-10-11(16)13(19-2)9-12(14)17/h9-10H,3-8H2,1-2H3. The molecule has 0 N–H and O–H groups in total. The molecule has 4 nitrogen and oxygen atoms in total. The molecule has 0 amide bonds. The van der Waals surface area contributed by atoms with Crippen LogP contribution in [0.25, 0.3) is 0 Å². The van der Waals surface area contributed by atoms with Crippen LogP contribution in [0.1, 0.15) is 32.6 Å². The molecule has 0 aliphatic heterocycles. The van der Waals surface area contributed by atoms with Crippen LogP contribution in [-0.2, 0) is 9.53 Å². The van der Waals surface area contributed by atoms with Crippen molar-refractivity contribution in [2.45, 2.75) is 32.6 Å². The number of hydrogen-bond acceptors (Lipinski definition) is 4. The summed E-state index contributed by atoms with van der Waals surface area (Å²) in [7, 11) is 1.62. The Balaban J connectivity index is 2.27. The quantitative estimate of drug-likeness (QED) is 0.425. The predicted octanol–water partition coefficient (Wildman–Crippen LogP) is 4.72. The Labute approximate surface area is 142 Å². The lowest BCUT2D eigenvalue weighted by Crippen LogP contribution is -2.04. The first-order valence-electron chi connectivity index (χ1n) is 6.90. The summed E-state index contributed by atoms with van der Waals surface area (Å²) < 4.78 is 17.5. The van der Waals surface area contributed by atoms with Gasteiger partial charge in [-0.1, -0.05) is 0 Å². The number of halogens is 2. The van der Waals surface area contributed by atoms with Crippen molar-refractivity contribution >= 4 is 37.8 Å². The van der Waals surface area contributed by atoms with Crippen molar-refractivity contribution in [2.75, 3.05) is 20.3 Å². The summed E-state index contributed by atoms with van der Waals surface area (Å²) in [5.74, 6) is 1.40. The minimum Gasteiger partial charge on any atom is -0.496 e. The highest BCUT2D eigenvalue weighted by Crippen LogP contribution is 2.36. The molecule has 0 radical (unpaired) electrons. The topological polar surface area (TPSA) is 44.8 Å². The van der Waals surface area contributed by atoms with Gasteiger partial charge in [-0.2, -0.15) is 0 Å². The number of rotatable bonds is 9. The Morgan fingerprint density at radius 1 is 1.10 bits per heavy atom. The van der Waals surface area contributed by atoms with E-state index < -0.39 is 0 Å². The fourth-order valence-corrected chi connectivity index (χ4v) is 2.66. The molecule has 0 aromatic heterocycles. The van der Waals surface area contributed by atoms with Gasteiger partial charge >= 0.3 is 5.97 Å². The van der Waals surface area contributed by atoms with E-state index in [9.17, 15) is 4.79 Å². The van der Waals surface area contributed by atoms with Crippen LogP contribution in [0, 0.1) is 0 Å². The highest BCUT2D eigenvalue weighted by Gasteiger charge is 2.08. The third kappa shape index (κ3) is 6.70. The monoisotopic (exact) mass is 422 g/mol. The van der Waals surface area contributed by atoms with Crippen LogP contribution in [0.2, 0.25) is 0 Å². The van der Waals surface area contributed by atoms with Crippen LogP contribution in [0.5, 0.6) is 11.5 Å². The van der Waals surface area contributed by atoms with Crippen molar-refractivity contribution in [2.24, 2.45) is 0 Å². The molecule has 0 saturated heterocycles. The molecule has 0 unspecified atom stereocenters. The Kier molecular flexibility index (Phi) is 8.76. The average Bonchev–Trinajstić information content (AvgIpc) is 2.46.